The maximum atomic E-state index is 15.0. The second-order valence-corrected chi connectivity index (χ2v) is 8.60. The normalized spacial score (nSPS) is 16.2. The minimum atomic E-state index is -3.24. The third-order valence-corrected chi connectivity index (χ3v) is 5.73. The number of nitriles is 1. The Morgan fingerprint density at radius 2 is 2.06 bits per heavy atom. The van der Waals surface area contributed by atoms with Gasteiger partial charge in [-0.05, 0) is 36.6 Å². The summed E-state index contributed by atoms with van der Waals surface area (Å²) in [4.78, 5) is 16.9. The van der Waals surface area contributed by atoms with Gasteiger partial charge in [-0.25, -0.2) is 4.39 Å². The maximum absolute atomic E-state index is 15.0. The van der Waals surface area contributed by atoms with E-state index in [0.717, 1.165) is 24.4 Å². The van der Waals surface area contributed by atoms with Crippen LogP contribution >= 0.6 is 9.24 Å². The fourth-order valence-electron chi connectivity index (χ4n) is 3.55. The first-order chi connectivity index (χ1) is 16.6. The molecule has 11 heteroatoms. The lowest BCUT2D eigenvalue weighted by molar-refractivity contribution is -0.124. The Labute approximate surface area is 202 Å². The number of allylic oxidation sites excluding steroid dienone is 1. The van der Waals surface area contributed by atoms with Crippen LogP contribution in [0.25, 0.3) is 5.57 Å². The third-order valence-electron chi connectivity index (χ3n) is 5.40. The number of rotatable bonds is 7. The SMILES string of the molecule is N#Cc1cc(NC(=O)C(O)c2cccc(C(F)(F)P)c2)cc(F)c1/C(C=NC1CCOCC1)=C/N. The molecule has 3 rings (SSSR count). The molecule has 0 bridgehead atoms. The van der Waals surface area contributed by atoms with Crippen LogP contribution in [0.3, 0.4) is 0 Å². The van der Waals surface area contributed by atoms with Crippen molar-refractivity contribution in [3.8, 4) is 6.07 Å². The zero-order valence-electron chi connectivity index (χ0n) is 18.5. The molecule has 35 heavy (non-hydrogen) atoms. The highest BCUT2D eigenvalue weighted by molar-refractivity contribution is 7.17. The molecule has 7 nitrogen and oxygen atoms in total. The van der Waals surface area contributed by atoms with Crippen molar-refractivity contribution in [1.82, 2.24) is 0 Å². The number of benzene rings is 2. The number of aliphatic imine (C=N–C) groups is 1. The van der Waals surface area contributed by atoms with Crippen molar-refractivity contribution in [1.29, 1.82) is 5.26 Å². The van der Waals surface area contributed by atoms with Crippen LogP contribution in [0.2, 0.25) is 0 Å². The van der Waals surface area contributed by atoms with Crippen LogP contribution in [0.5, 0.6) is 0 Å². The number of ether oxygens (including phenoxy) is 1. The lowest BCUT2D eigenvalue weighted by atomic mass is 9.99. The highest BCUT2D eigenvalue weighted by Crippen LogP contribution is 2.36. The summed E-state index contributed by atoms with van der Waals surface area (Å²) in [6, 6.07) is 8.81. The summed E-state index contributed by atoms with van der Waals surface area (Å²) in [5, 5.41) is 22.2. The minimum absolute atomic E-state index is 0.00268. The number of nitrogens with zero attached hydrogens (tertiary/aromatic N) is 2. The summed E-state index contributed by atoms with van der Waals surface area (Å²) in [5.74, 6) is -1.82. The van der Waals surface area contributed by atoms with E-state index in [9.17, 15) is 23.9 Å². The predicted octanol–water partition coefficient (Wildman–Crippen LogP) is 3.84. The first-order valence-electron chi connectivity index (χ1n) is 10.7. The number of amides is 1. The van der Waals surface area contributed by atoms with E-state index in [1.807, 2.05) is 6.07 Å². The Kier molecular flexibility index (Phi) is 8.62. The van der Waals surface area contributed by atoms with Crippen molar-refractivity contribution in [3.05, 3.63) is 70.7 Å². The number of carbonyl (C=O) groups is 1. The lowest BCUT2D eigenvalue weighted by Crippen LogP contribution is -2.21. The maximum Gasteiger partial charge on any atom is 0.283 e. The molecule has 1 saturated heterocycles. The Bertz CT molecular complexity index is 1190. The van der Waals surface area contributed by atoms with Gasteiger partial charge >= 0.3 is 0 Å². The number of nitrogens with one attached hydrogen (secondary N) is 1. The second-order valence-electron chi connectivity index (χ2n) is 7.88. The van der Waals surface area contributed by atoms with Gasteiger partial charge in [0, 0.05) is 48.0 Å². The number of aliphatic hydroxyl groups is 1. The van der Waals surface area contributed by atoms with Crippen molar-refractivity contribution in [2.24, 2.45) is 10.7 Å². The number of halogens is 3. The zero-order valence-corrected chi connectivity index (χ0v) is 19.7. The third kappa shape index (κ3) is 6.67. The van der Waals surface area contributed by atoms with E-state index in [1.165, 1.54) is 33.7 Å². The van der Waals surface area contributed by atoms with Gasteiger partial charge in [0.25, 0.3) is 11.6 Å². The smallest absolute Gasteiger partial charge is 0.283 e. The summed E-state index contributed by atoms with van der Waals surface area (Å²) in [6.07, 6.45) is 2.17. The number of hydrogen-bond acceptors (Lipinski definition) is 6. The molecule has 2 atom stereocenters. The Morgan fingerprint density at radius 1 is 1.34 bits per heavy atom. The van der Waals surface area contributed by atoms with E-state index in [2.05, 4.69) is 10.3 Å². The fraction of sp³-hybridized carbons (Fsp3) is 0.292. The lowest BCUT2D eigenvalue weighted by Gasteiger charge is -2.18. The summed E-state index contributed by atoms with van der Waals surface area (Å²) < 4.78 is 47.4. The summed E-state index contributed by atoms with van der Waals surface area (Å²) >= 11 is 0. The second kappa shape index (κ2) is 11.5. The number of aliphatic hydroxyl groups excluding tert-OH is 1. The molecular weight excluding hydrogens is 480 g/mol. The van der Waals surface area contributed by atoms with Gasteiger partial charge < -0.3 is 20.9 Å². The molecule has 1 heterocycles. The van der Waals surface area contributed by atoms with Gasteiger partial charge in [-0.2, -0.15) is 14.0 Å². The summed E-state index contributed by atoms with van der Waals surface area (Å²) in [7, 11) is 1.38. The van der Waals surface area contributed by atoms with Gasteiger partial charge in [0.05, 0.1) is 17.7 Å². The van der Waals surface area contributed by atoms with E-state index in [-0.39, 0.29) is 34.0 Å². The van der Waals surface area contributed by atoms with Crippen molar-refractivity contribution in [2.45, 2.75) is 30.7 Å². The number of hydrogen-bond donors (Lipinski definition) is 3. The van der Waals surface area contributed by atoms with E-state index in [4.69, 9.17) is 10.5 Å². The molecule has 184 valence electrons. The van der Waals surface area contributed by atoms with Crippen molar-refractivity contribution < 1.29 is 27.8 Å². The molecule has 1 amide bonds. The van der Waals surface area contributed by atoms with Crippen molar-refractivity contribution in [3.63, 3.8) is 0 Å². The van der Waals surface area contributed by atoms with Crippen molar-refractivity contribution in [2.75, 3.05) is 18.5 Å². The first-order valence-corrected chi connectivity index (χ1v) is 11.2. The van der Waals surface area contributed by atoms with Crippen LogP contribution in [-0.2, 0) is 15.2 Å². The van der Waals surface area contributed by atoms with Gasteiger partial charge in [-0.15, -0.1) is 0 Å². The molecule has 0 radical (unpaired) electrons. The molecule has 1 aliphatic rings. The van der Waals surface area contributed by atoms with Crippen LogP contribution in [0.1, 0.15) is 41.2 Å². The molecule has 0 aromatic heterocycles. The van der Waals surface area contributed by atoms with Crippen LogP contribution in [0.15, 0.2) is 47.6 Å². The first kappa shape index (κ1) is 26.4. The van der Waals surface area contributed by atoms with Gasteiger partial charge in [0.2, 0.25) is 0 Å². The summed E-state index contributed by atoms with van der Waals surface area (Å²) in [6.45, 7) is 1.15. The van der Waals surface area contributed by atoms with Gasteiger partial charge in [0.15, 0.2) is 6.10 Å². The summed E-state index contributed by atoms with van der Waals surface area (Å²) in [5.41, 5.74) is 1.84. The average molecular weight is 504 g/mol. The van der Waals surface area contributed by atoms with Crippen LogP contribution < -0.4 is 11.1 Å². The highest BCUT2D eigenvalue weighted by Gasteiger charge is 2.27. The number of carbonyl (C=O) groups excluding carboxylic acids is 1. The average Bonchev–Trinajstić information content (AvgIpc) is 2.84. The number of anilines is 1. The molecule has 0 saturated carbocycles. The molecule has 1 fully saturated rings. The number of nitrogens with two attached hydrogens (primary N) is 1. The zero-order chi connectivity index (χ0) is 25.6. The molecule has 2 aromatic carbocycles. The van der Waals surface area contributed by atoms with E-state index < -0.39 is 29.1 Å². The van der Waals surface area contributed by atoms with Crippen LogP contribution in [0, 0.1) is 17.1 Å². The molecule has 0 aliphatic carbocycles. The van der Waals surface area contributed by atoms with Crippen LogP contribution in [0.4, 0.5) is 18.9 Å². The molecule has 0 spiro atoms. The van der Waals surface area contributed by atoms with Gasteiger partial charge in [-0.3, -0.25) is 9.79 Å². The quantitative estimate of drug-likeness (QED) is 0.391. The predicted molar refractivity (Wildman–Crippen MR) is 129 cm³/mol. The monoisotopic (exact) mass is 504 g/mol. The molecule has 4 N–H and O–H groups in total. The Hall–Kier alpha value is -3.25. The van der Waals surface area contributed by atoms with Gasteiger partial charge in [0.1, 0.15) is 5.82 Å². The van der Waals surface area contributed by atoms with E-state index >= 15 is 4.39 Å². The Morgan fingerprint density at radius 3 is 2.69 bits per heavy atom. The largest absolute Gasteiger partial charge is 0.404 e. The molecule has 2 aromatic rings. The number of alkyl halides is 2. The minimum Gasteiger partial charge on any atom is -0.404 e. The van der Waals surface area contributed by atoms with E-state index in [1.54, 1.807) is 0 Å². The molecular formula is C24H24F3N4O3P. The Balaban J connectivity index is 1.81. The standard InChI is InChI=1S/C24H24F3N4O3P/c25-20-10-19(31-23(33)22(32)14-2-1-3-17(8-14)24(26,27)35)9-15(11-28)21(20)16(12-29)13-30-18-4-6-34-7-5-18/h1-3,8-10,12-13,18,22,32H,4-7,29,35H2,(H,31,33)/b16-12+,30-13?. The fourth-order valence-corrected chi connectivity index (χ4v) is 3.73. The topological polar surface area (TPSA) is 121 Å². The van der Waals surface area contributed by atoms with Crippen molar-refractivity contribution >= 4 is 32.6 Å². The van der Waals surface area contributed by atoms with Crippen LogP contribution in [-0.4, -0.2) is 36.5 Å². The van der Waals surface area contributed by atoms with E-state index in [0.29, 0.717) is 26.1 Å². The molecule has 2 unspecified atom stereocenters. The van der Waals surface area contributed by atoms with Gasteiger partial charge in [-0.1, -0.05) is 27.4 Å². The molecule has 1 aliphatic heterocycles. The highest BCUT2D eigenvalue weighted by atomic mass is 31.0.